The van der Waals surface area contributed by atoms with Gasteiger partial charge in [-0.05, 0) is 50.2 Å². The molecule has 0 unspecified atom stereocenters. The number of benzene rings is 2. The van der Waals surface area contributed by atoms with E-state index in [1.807, 2.05) is 13.8 Å². The molecule has 2 N–H and O–H groups in total. The van der Waals surface area contributed by atoms with Crippen LogP contribution in [0.25, 0.3) is 32.6 Å². The molecule has 2 aromatic heterocycles. The zero-order valence-electron chi connectivity index (χ0n) is 20.1. The molecule has 0 amide bonds. The van der Waals surface area contributed by atoms with E-state index in [2.05, 4.69) is 9.97 Å². The zero-order valence-corrected chi connectivity index (χ0v) is 22.7. The van der Waals surface area contributed by atoms with Gasteiger partial charge < -0.3 is 19.7 Å². The molecule has 0 spiro atoms. The van der Waals surface area contributed by atoms with Gasteiger partial charge in [0.15, 0.2) is 0 Å². The zero-order chi connectivity index (χ0) is 28.1. The molecule has 0 aliphatic heterocycles. The molecule has 4 aromatic rings. The summed E-state index contributed by atoms with van der Waals surface area (Å²) in [5.41, 5.74) is 1.13. The summed E-state index contributed by atoms with van der Waals surface area (Å²) in [5.74, 6) is -2.04. The Morgan fingerprint density at radius 1 is 0.744 bits per heavy atom. The molecule has 1 radical (unpaired) electrons. The van der Waals surface area contributed by atoms with Crippen molar-refractivity contribution in [3.05, 3.63) is 57.9 Å². The molecule has 2 heterocycles. The molecule has 39 heavy (non-hydrogen) atoms. The first-order valence-corrected chi connectivity index (χ1v) is 12.5. The van der Waals surface area contributed by atoms with Crippen LogP contribution in [-0.2, 0) is 16.8 Å². The SMILES string of the molecule is CCOc1ccc2nc(/C=C(\O)C(F)(F)F)sc2c1.CCOc1ccc2nc(/C=C(\O)C(F)(F)F)sc2c1.[Co]. The number of aliphatic hydroxyl groups is 2. The average molecular weight is 637 g/mol. The number of alkyl halides is 6. The van der Waals surface area contributed by atoms with Crippen LogP contribution in [0.5, 0.6) is 11.5 Å². The van der Waals surface area contributed by atoms with E-state index in [-0.39, 0.29) is 26.8 Å². The molecule has 0 atom stereocenters. The number of aromatic nitrogens is 2. The molecule has 4 rings (SSSR count). The molecule has 213 valence electrons. The maximum absolute atomic E-state index is 12.2. The van der Waals surface area contributed by atoms with Crippen LogP contribution in [0.2, 0.25) is 0 Å². The Morgan fingerprint density at radius 2 is 1.10 bits per heavy atom. The van der Waals surface area contributed by atoms with Crippen molar-refractivity contribution in [1.82, 2.24) is 9.97 Å². The maximum Gasteiger partial charge on any atom is 0.448 e. The summed E-state index contributed by atoms with van der Waals surface area (Å²) in [7, 11) is 0. The van der Waals surface area contributed by atoms with E-state index >= 15 is 0 Å². The third-order valence-corrected chi connectivity index (χ3v) is 6.41. The van der Waals surface area contributed by atoms with E-state index in [1.54, 1.807) is 36.4 Å². The largest absolute Gasteiger partial charge is 0.504 e. The Balaban J connectivity index is 0.000000267. The van der Waals surface area contributed by atoms with E-state index in [1.165, 1.54) is 0 Å². The van der Waals surface area contributed by atoms with Gasteiger partial charge in [0.05, 0.1) is 33.6 Å². The fourth-order valence-corrected chi connectivity index (χ4v) is 4.75. The van der Waals surface area contributed by atoms with Gasteiger partial charge in [0.25, 0.3) is 0 Å². The average Bonchev–Trinajstić information content (AvgIpc) is 3.40. The predicted octanol–water partition coefficient (Wildman–Crippen LogP) is 8.31. The van der Waals surface area contributed by atoms with E-state index < -0.39 is 23.9 Å². The van der Waals surface area contributed by atoms with Gasteiger partial charge in [0.2, 0.25) is 11.5 Å². The molecular formula is C24H20CoF6N2O4S2. The van der Waals surface area contributed by atoms with Crippen molar-refractivity contribution in [3.8, 4) is 11.5 Å². The molecule has 0 bridgehead atoms. The molecule has 0 fully saturated rings. The van der Waals surface area contributed by atoms with Crippen LogP contribution < -0.4 is 9.47 Å². The Morgan fingerprint density at radius 3 is 1.41 bits per heavy atom. The van der Waals surface area contributed by atoms with Crippen LogP contribution >= 0.6 is 22.7 Å². The second-order valence-corrected chi connectivity index (χ2v) is 9.41. The summed E-state index contributed by atoms with van der Waals surface area (Å²) in [5, 5.41) is 18.0. The second-order valence-electron chi connectivity index (χ2n) is 7.28. The smallest absolute Gasteiger partial charge is 0.448 e. The first kappa shape index (κ1) is 32.2. The monoisotopic (exact) mass is 637 g/mol. The van der Waals surface area contributed by atoms with E-state index in [0.717, 1.165) is 22.7 Å². The van der Waals surface area contributed by atoms with Gasteiger partial charge in [-0.2, -0.15) is 26.3 Å². The molecule has 15 heteroatoms. The first-order valence-electron chi connectivity index (χ1n) is 10.8. The van der Waals surface area contributed by atoms with Crippen molar-refractivity contribution < 1.29 is 62.8 Å². The van der Waals surface area contributed by atoms with Gasteiger partial charge >= 0.3 is 12.4 Å². The number of halogens is 6. The topological polar surface area (TPSA) is 84.7 Å². The van der Waals surface area contributed by atoms with Crippen LogP contribution in [0.3, 0.4) is 0 Å². The normalized spacial score (nSPS) is 12.6. The van der Waals surface area contributed by atoms with Gasteiger partial charge in [-0.3, -0.25) is 0 Å². The summed E-state index contributed by atoms with van der Waals surface area (Å²) in [6.07, 6.45) is -8.28. The van der Waals surface area contributed by atoms with E-state index in [0.29, 0.717) is 57.3 Å². The van der Waals surface area contributed by atoms with Crippen LogP contribution in [-0.4, -0.2) is 45.7 Å². The number of rotatable bonds is 6. The Hall–Kier alpha value is -3.01. The van der Waals surface area contributed by atoms with Crippen molar-refractivity contribution >= 4 is 55.3 Å². The van der Waals surface area contributed by atoms with Crippen LogP contribution in [0.15, 0.2) is 47.9 Å². The van der Waals surface area contributed by atoms with Crippen molar-refractivity contribution in [2.45, 2.75) is 26.2 Å². The summed E-state index contributed by atoms with van der Waals surface area (Å²) >= 11 is 2.11. The molecule has 2 aromatic carbocycles. The minimum atomic E-state index is -4.76. The fourth-order valence-electron chi connectivity index (χ4n) is 2.88. The predicted molar refractivity (Wildman–Crippen MR) is 135 cm³/mol. The number of nitrogens with zero attached hydrogens (tertiary/aromatic N) is 2. The summed E-state index contributed by atoms with van der Waals surface area (Å²) in [6.45, 7) is 4.69. The van der Waals surface area contributed by atoms with Crippen molar-refractivity contribution in [1.29, 1.82) is 0 Å². The van der Waals surface area contributed by atoms with Crippen LogP contribution in [0, 0.1) is 0 Å². The van der Waals surface area contributed by atoms with E-state index in [9.17, 15) is 26.3 Å². The molecule has 0 saturated heterocycles. The number of ether oxygens (including phenoxy) is 2. The van der Waals surface area contributed by atoms with Crippen molar-refractivity contribution in [2.75, 3.05) is 13.2 Å². The number of hydrogen-bond donors (Lipinski definition) is 2. The van der Waals surface area contributed by atoms with Gasteiger partial charge in [-0.1, -0.05) is 0 Å². The Labute approximate surface area is 236 Å². The molecule has 0 aliphatic rings. The molecular weight excluding hydrogens is 617 g/mol. The van der Waals surface area contributed by atoms with Crippen molar-refractivity contribution in [2.24, 2.45) is 0 Å². The number of fused-ring (bicyclic) bond motifs is 2. The quantitative estimate of drug-likeness (QED) is 0.164. The third kappa shape index (κ3) is 9.01. The van der Waals surface area contributed by atoms with Crippen LogP contribution in [0.1, 0.15) is 23.9 Å². The molecule has 0 saturated carbocycles. The van der Waals surface area contributed by atoms with E-state index in [4.69, 9.17) is 19.7 Å². The number of allylic oxidation sites excluding steroid dienone is 2. The Kier molecular flexibility index (Phi) is 11.0. The second kappa shape index (κ2) is 13.4. The standard InChI is InChI=1S/2C12H10F3NO2S.Co/c2*1-2-18-7-3-4-8-9(5-7)19-11(16-8)6-10(17)12(13,14)15;/h2*3-6,17H,2H2,1H3;/b2*10-6-;. The number of hydrogen-bond acceptors (Lipinski definition) is 8. The molecule has 6 nitrogen and oxygen atoms in total. The van der Waals surface area contributed by atoms with Crippen LogP contribution in [0.4, 0.5) is 26.3 Å². The summed E-state index contributed by atoms with van der Waals surface area (Å²) in [6, 6.07) is 10.1. The Bertz CT molecular complexity index is 1350. The number of thiazole rings is 2. The molecule has 0 aliphatic carbocycles. The minimum absolute atomic E-state index is 0. The van der Waals surface area contributed by atoms with Gasteiger partial charge in [0, 0.05) is 28.9 Å². The fraction of sp³-hybridized carbons (Fsp3) is 0.250. The first-order chi connectivity index (χ1) is 17.8. The van der Waals surface area contributed by atoms with Gasteiger partial charge in [-0.25, -0.2) is 9.97 Å². The van der Waals surface area contributed by atoms with Gasteiger partial charge in [0.1, 0.15) is 21.5 Å². The van der Waals surface area contributed by atoms with Crippen molar-refractivity contribution in [3.63, 3.8) is 0 Å². The third-order valence-electron chi connectivity index (χ3n) is 4.48. The summed E-state index contributed by atoms with van der Waals surface area (Å²) in [4.78, 5) is 7.99. The maximum atomic E-state index is 12.2. The van der Waals surface area contributed by atoms with Gasteiger partial charge in [-0.15, -0.1) is 22.7 Å². The summed E-state index contributed by atoms with van der Waals surface area (Å²) < 4.78 is 85.1. The minimum Gasteiger partial charge on any atom is -0.504 e. The number of aliphatic hydroxyl groups excluding tert-OH is 2.